The van der Waals surface area contributed by atoms with Crippen LogP contribution in [0.2, 0.25) is 0 Å². The van der Waals surface area contributed by atoms with E-state index in [4.69, 9.17) is 0 Å². The van der Waals surface area contributed by atoms with Crippen molar-refractivity contribution in [1.29, 1.82) is 0 Å². The summed E-state index contributed by atoms with van der Waals surface area (Å²) in [5, 5.41) is 21.7. The zero-order chi connectivity index (χ0) is 17.1. The number of aliphatic hydroxyl groups is 1. The minimum absolute atomic E-state index is 0.0560. The normalized spacial score (nSPS) is 10.9. The molecule has 0 fully saturated rings. The first kappa shape index (κ1) is 15.4. The molecule has 2 N–H and O–H groups in total. The molecular weight excluding hydrogens is 312 g/mol. The number of hydrogen-bond donors (Lipinski definition) is 2. The first-order valence-electron chi connectivity index (χ1n) is 8.16. The Hall–Kier alpha value is -3.18. The van der Waals surface area contributed by atoms with Crippen molar-refractivity contribution in [2.24, 2.45) is 0 Å². The zero-order valence-corrected chi connectivity index (χ0v) is 13.6. The van der Waals surface area contributed by atoms with Crippen LogP contribution < -0.4 is 0 Å². The fraction of sp³-hybridized carbons (Fsp3) is 0.100. The highest BCUT2D eigenvalue weighted by atomic mass is 16.3. The monoisotopic (exact) mass is 330 g/mol. The SMILES string of the molecule is OCc1cc(-c2ccccc2)nn1Cc1cc(-c2ccccc2)n[nH]1. The van der Waals surface area contributed by atoms with Gasteiger partial charge < -0.3 is 5.11 Å². The molecule has 0 aliphatic rings. The van der Waals surface area contributed by atoms with E-state index in [1.54, 1.807) is 0 Å². The van der Waals surface area contributed by atoms with Gasteiger partial charge in [0.25, 0.3) is 0 Å². The third-order valence-corrected chi connectivity index (χ3v) is 4.12. The van der Waals surface area contributed by atoms with E-state index in [1.807, 2.05) is 77.5 Å². The molecular formula is C20H18N4O. The summed E-state index contributed by atoms with van der Waals surface area (Å²) >= 11 is 0. The summed E-state index contributed by atoms with van der Waals surface area (Å²) in [5.74, 6) is 0. The second-order valence-corrected chi connectivity index (χ2v) is 5.85. The van der Waals surface area contributed by atoms with Gasteiger partial charge in [-0.15, -0.1) is 0 Å². The Labute approximate surface area is 145 Å². The van der Waals surface area contributed by atoms with Gasteiger partial charge in [0, 0.05) is 11.1 Å². The highest BCUT2D eigenvalue weighted by molar-refractivity contribution is 5.60. The minimum atomic E-state index is -0.0560. The van der Waals surface area contributed by atoms with Gasteiger partial charge in [0.15, 0.2) is 0 Å². The smallest absolute Gasteiger partial charge is 0.0927 e. The molecule has 2 aromatic heterocycles. The van der Waals surface area contributed by atoms with Crippen molar-refractivity contribution >= 4 is 0 Å². The lowest BCUT2D eigenvalue weighted by Gasteiger charge is -2.03. The Kier molecular flexibility index (Phi) is 4.14. The summed E-state index contributed by atoms with van der Waals surface area (Å²) < 4.78 is 1.81. The average Bonchev–Trinajstić information content (AvgIpc) is 3.30. The number of aromatic amines is 1. The fourth-order valence-corrected chi connectivity index (χ4v) is 2.83. The predicted octanol–water partition coefficient (Wildman–Crippen LogP) is 3.48. The molecule has 0 radical (unpaired) electrons. The summed E-state index contributed by atoms with van der Waals surface area (Å²) in [4.78, 5) is 0. The van der Waals surface area contributed by atoms with Crippen LogP contribution in [0.15, 0.2) is 72.8 Å². The van der Waals surface area contributed by atoms with Crippen LogP contribution in [0.25, 0.3) is 22.5 Å². The Morgan fingerprint density at radius 1 is 0.840 bits per heavy atom. The molecule has 0 aliphatic carbocycles. The van der Waals surface area contributed by atoms with Crippen molar-refractivity contribution in [3.63, 3.8) is 0 Å². The van der Waals surface area contributed by atoms with Crippen LogP contribution in [0.1, 0.15) is 11.4 Å². The van der Waals surface area contributed by atoms with Crippen molar-refractivity contribution < 1.29 is 5.11 Å². The molecule has 0 amide bonds. The topological polar surface area (TPSA) is 66.7 Å². The largest absolute Gasteiger partial charge is 0.390 e. The summed E-state index contributed by atoms with van der Waals surface area (Å²) in [6.45, 7) is 0.474. The van der Waals surface area contributed by atoms with E-state index >= 15 is 0 Å². The number of benzene rings is 2. The highest BCUT2D eigenvalue weighted by Gasteiger charge is 2.11. The van der Waals surface area contributed by atoms with Gasteiger partial charge in [0.2, 0.25) is 0 Å². The van der Waals surface area contributed by atoms with Crippen molar-refractivity contribution in [3.05, 3.63) is 84.2 Å². The molecule has 2 aromatic carbocycles. The number of nitrogens with one attached hydrogen (secondary N) is 1. The first-order valence-corrected chi connectivity index (χ1v) is 8.16. The summed E-state index contributed by atoms with van der Waals surface area (Å²) in [6.07, 6.45) is 0. The number of aliphatic hydroxyl groups excluding tert-OH is 1. The van der Waals surface area contributed by atoms with E-state index in [-0.39, 0.29) is 6.61 Å². The van der Waals surface area contributed by atoms with E-state index in [2.05, 4.69) is 15.3 Å². The van der Waals surface area contributed by atoms with Gasteiger partial charge >= 0.3 is 0 Å². The molecule has 5 heteroatoms. The van der Waals surface area contributed by atoms with Gasteiger partial charge in [0.05, 0.1) is 35.9 Å². The van der Waals surface area contributed by atoms with Crippen molar-refractivity contribution in [1.82, 2.24) is 20.0 Å². The van der Waals surface area contributed by atoms with Gasteiger partial charge in [-0.1, -0.05) is 60.7 Å². The van der Waals surface area contributed by atoms with E-state index < -0.39 is 0 Å². The maximum Gasteiger partial charge on any atom is 0.0927 e. The van der Waals surface area contributed by atoms with Crippen LogP contribution in [0.5, 0.6) is 0 Å². The molecule has 4 rings (SSSR count). The molecule has 0 saturated carbocycles. The summed E-state index contributed by atoms with van der Waals surface area (Å²) in [6, 6.07) is 23.9. The van der Waals surface area contributed by atoms with E-state index in [1.165, 1.54) is 0 Å². The lowest BCUT2D eigenvalue weighted by atomic mass is 10.1. The molecule has 0 saturated heterocycles. The van der Waals surface area contributed by atoms with Crippen molar-refractivity contribution in [2.45, 2.75) is 13.2 Å². The Morgan fingerprint density at radius 2 is 1.48 bits per heavy atom. The molecule has 0 bridgehead atoms. The number of nitrogens with zero attached hydrogens (tertiary/aromatic N) is 3. The van der Waals surface area contributed by atoms with Crippen LogP contribution in [-0.4, -0.2) is 25.1 Å². The number of H-pyrrole nitrogens is 1. The molecule has 0 spiro atoms. The third kappa shape index (κ3) is 3.22. The average molecular weight is 330 g/mol. The van der Waals surface area contributed by atoms with E-state index in [0.29, 0.717) is 6.54 Å². The molecule has 0 atom stereocenters. The number of rotatable bonds is 5. The molecule has 0 unspecified atom stereocenters. The fourth-order valence-electron chi connectivity index (χ4n) is 2.83. The lowest BCUT2D eigenvalue weighted by Crippen LogP contribution is -2.06. The standard InChI is InChI=1S/C20H18N4O/c25-14-18-12-20(16-9-5-2-6-10-16)23-24(18)13-17-11-19(22-21-17)15-7-3-1-4-8-15/h1-12,25H,13-14H2,(H,21,22). The second-order valence-electron chi connectivity index (χ2n) is 5.85. The summed E-state index contributed by atoms with van der Waals surface area (Å²) in [7, 11) is 0. The molecule has 4 aromatic rings. The van der Waals surface area contributed by atoms with Crippen LogP contribution in [-0.2, 0) is 13.2 Å². The zero-order valence-electron chi connectivity index (χ0n) is 13.6. The second kappa shape index (κ2) is 6.75. The number of aromatic nitrogens is 4. The summed E-state index contributed by atoms with van der Waals surface area (Å²) in [5.41, 5.74) is 5.57. The van der Waals surface area contributed by atoms with Gasteiger partial charge in [-0.25, -0.2) is 0 Å². The lowest BCUT2D eigenvalue weighted by molar-refractivity contribution is 0.269. The van der Waals surface area contributed by atoms with Crippen LogP contribution in [0, 0.1) is 0 Å². The maximum atomic E-state index is 9.65. The molecule has 25 heavy (non-hydrogen) atoms. The maximum absolute atomic E-state index is 9.65. The van der Waals surface area contributed by atoms with Crippen LogP contribution in [0.4, 0.5) is 0 Å². The van der Waals surface area contributed by atoms with Crippen molar-refractivity contribution in [3.8, 4) is 22.5 Å². The first-order chi connectivity index (χ1) is 12.3. The van der Waals surface area contributed by atoms with E-state index in [0.717, 1.165) is 33.9 Å². The van der Waals surface area contributed by atoms with Crippen LogP contribution in [0.3, 0.4) is 0 Å². The molecule has 124 valence electrons. The molecule has 2 heterocycles. The van der Waals surface area contributed by atoms with Gasteiger partial charge in [-0.3, -0.25) is 9.78 Å². The van der Waals surface area contributed by atoms with E-state index in [9.17, 15) is 5.11 Å². The Balaban J connectivity index is 1.61. The highest BCUT2D eigenvalue weighted by Crippen LogP contribution is 2.21. The third-order valence-electron chi connectivity index (χ3n) is 4.12. The van der Waals surface area contributed by atoms with Gasteiger partial charge in [-0.05, 0) is 12.1 Å². The quantitative estimate of drug-likeness (QED) is 0.589. The number of hydrogen-bond acceptors (Lipinski definition) is 3. The molecule has 5 nitrogen and oxygen atoms in total. The Morgan fingerprint density at radius 3 is 2.12 bits per heavy atom. The van der Waals surface area contributed by atoms with Gasteiger partial charge in [-0.2, -0.15) is 10.2 Å². The Bertz CT molecular complexity index is 958. The minimum Gasteiger partial charge on any atom is -0.390 e. The predicted molar refractivity (Wildman–Crippen MR) is 96.7 cm³/mol. The van der Waals surface area contributed by atoms with Crippen LogP contribution >= 0.6 is 0 Å². The van der Waals surface area contributed by atoms with Crippen molar-refractivity contribution in [2.75, 3.05) is 0 Å². The molecule has 0 aliphatic heterocycles. The van der Waals surface area contributed by atoms with Gasteiger partial charge in [0.1, 0.15) is 0 Å².